The van der Waals surface area contributed by atoms with Gasteiger partial charge in [-0.2, -0.15) is 0 Å². The van der Waals surface area contributed by atoms with Crippen LogP contribution in [-0.2, 0) is 13.1 Å². The summed E-state index contributed by atoms with van der Waals surface area (Å²) in [5, 5.41) is 3.06. The van der Waals surface area contributed by atoms with E-state index in [0.29, 0.717) is 25.6 Å². The highest BCUT2D eigenvalue weighted by atomic mass is 19.1. The number of ether oxygens (including phenoxy) is 1. The third-order valence-electron chi connectivity index (χ3n) is 5.13. The Kier molecular flexibility index (Phi) is 6.87. The molecule has 0 saturated carbocycles. The van der Waals surface area contributed by atoms with Crippen molar-refractivity contribution in [3.8, 4) is 5.75 Å². The molecule has 0 bridgehead atoms. The molecule has 1 aliphatic rings. The number of rotatable bonds is 7. The SMILES string of the molecule is COc1ccccc1CN(Cc1cccc(F)c1)C(=O)NC[C@@H]1CCN(C)C1. The normalized spacial score (nSPS) is 16.8. The van der Waals surface area contributed by atoms with Crippen LogP contribution in [0.4, 0.5) is 9.18 Å². The number of amides is 2. The van der Waals surface area contributed by atoms with E-state index in [-0.39, 0.29) is 11.8 Å². The maximum Gasteiger partial charge on any atom is 0.318 e. The molecule has 1 saturated heterocycles. The van der Waals surface area contributed by atoms with Crippen molar-refractivity contribution in [2.75, 3.05) is 33.8 Å². The maximum absolute atomic E-state index is 13.6. The highest BCUT2D eigenvalue weighted by Crippen LogP contribution is 2.21. The first-order valence-corrected chi connectivity index (χ1v) is 9.63. The molecule has 2 amide bonds. The summed E-state index contributed by atoms with van der Waals surface area (Å²) in [4.78, 5) is 16.9. The van der Waals surface area contributed by atoms with E-state index in [1.165, 1.54) is 12.1 Å². The minimum absolute atomic E-state index is 0.148. The summed E-state index contributed by atoms with van der Waals surface area (Å²) in [6.07, 6.45) is 1.09. The molecule has 2 aromatic rings. The fraction of sp³-hybridized carbons (Fsp3) is 0.409. The van der Waals surface area contributed by atoms with Crippen molar-refractivity contribution in [1.82, 2.24) is 15.1 Å². The number of para-hydroxylation sites is 1. The first-order chi connectivity index (χ1) is 13.5. The zero-order valence-corrected chi connectivity index (χ0v) is 16.5. The summed E-state index contributed by atoms with van der Waals surface area (Å²) in [5.41, 5.74) is 1.67. The Morgan fingerprint density at radius 2 is 2.07 bits per heavy atom. The molecule has 1 atom stereocenters. The summed E-state index contributed by atoms with van der Waals surface area (Å²) in [5.74, 6) is 0.900. The molecule has 6 heteroatoms. The number of hydrogen-bond acceptors (Lipinski definition) is 3. The lowest BCUT2D eigenvalue weighted by atomic mass is 10.1. The maximum atomic E-state index is 13.6. The molecule has 1 fully saturated rings. The number of likely N-dealkylation sites (tertiary alicyclic amines) is 1. The van der Waals surface area contributed by atoms with E-state index in [2.05, 4.69) is 17.3 Å². The van der Waals surface area contributed by atoms with Crippen molar-refractivity contribution < 1.29 is 13.9 Å². The molecule has 0 aromatic heterocycles. The van der Waals surface area contributed by atoms with Gasteiger partial charge < -0.3 is 19.9 Å². The Balaban J connectivity index is 1.72. The standard InChI is InChI=1S/C22H28FN3O2/c1-25-11-10-18(14-25)13-24-22(27)26(15-17-6-5-8-20(23)12-17)16-19-7-3-4-9-21(19)28-2/h3-9,12,18H,10-11,13-16H2,1-2H3,(H,24,27)/t18-/m0/s1. The van der Waals surface area contributed by atoms with Gasteiger partial charge in [-0.25, -0.2) is 9.18 Å². The molecule has 150 valence electrons. The molecular formula is C22H28FN3O2. The predicted octanol–water partition coefficient (Wildman–Crippen LogP) is 3.50. The van der Waals surface area contributed by atoms with Gasteiger partial charge in [0.15, 0.2) is 0 Å². The number of methoxy groups -OCH3 is 1. The highest BCUT2D eigenvalue weighted by Gasteiger charge is 2.22. The van der Waals surface area contributed by atoms with Crippen molar-refractivity contribution in [3.05, 3.63) is 65.5 Å². The highest BCUT2D eigenvalue weighted by molar-refractivity contribution is 5.74. The Bertz CT molecular complexity index is 799. The summed E-state index contributed by atoms with van der Waals surface area (Å²) in [7, 11) is 3.71. The fourth-order valence-corrected chi connectivity index (χ4v) is 3.63. The van der Waals surface area contributed by atoms with Gasteiger partial charge in [0.2, 0.25) is 0 Å². The van der Waals surface area contributed by atoms with Gasteiger partial charge in [-0.05, 0) is 49.7 Å². The quantitative estimate of drug-likeness (QED) is 0.793. The van der Waals surface area contributed by atoms with Crippen LogP contribution in [0.1, 0.15) is 17.5 Å². The van der Waals surface area contributed by atoms with Crippen LogP contribution in [-0.4, -0.2) is 49.6 Å². The lowest BCUT2D eigenvalue weighted by Gasteiger charge is -2.25. The summed E-state index contributed by atoms with van der Waals surface area (Å²) in [6, 6.07) is 13.9. The van der Waals surface area contributed by atoms with Crippen LogP contribution < -0.4 is 10.1 Å². The molecule has 1 heterocycles. The number of hydrogen-bond donors (Lipinski definition) is 1. The van der Waals surface area contributed by atoms with Crippen molar-refractivity contribution in [3.63, 3.8) is 0 Å². The van der Waals surface area contributed by atoms with Crippen LogP contribution in [0.15, 0.2) is 48.5 Å². The number of nitrogens with zero attached hydrogens (tertiary/aromatic N) is 2. The predicted molar refractivity (Wildman–Crippen MR) is 108 cm³/mol. The second kappa shape index (κ2) is 9.55. The average molecular weight is 385 g/mol. The van der Waals surface area contributed by atoms with Crippen molar-refractivity contribution in [1.29, 1.82) is 0 Å². The first-order valence-electron chi connectivity index (χ1n) is 9.63. The summed E-state index contributed by atoms with van der Waals surface area (Å²) < 4.78 is 19.0. The average Bonchev–Trinajstić information content (AvgIpc) is 3.11. The van der Waals surface area contributed by atoms with Gasteiger partial charge in [0.25, 0.3) is 0 Å². The number of benzene rings is 2. The number of nitrogens with one attached hydrogen (secondary N) is 1. The Morgan fingerprint density at radius 1 is 1.25 bits per heavy atom. The largest absolute Gasteiger partial charge is 0.496 e. The molecule has 0 aliphatic carbocycles. The number of urea groups is 1. The number of halogens is 1. The monoisotopic (exact) mass is 385 g/mol. The van der Waals surface area contributed by atoms with Gasteiger partial charge in [0.05, 0.1) is 13.7 Å². The molecule has 1 N–H and O–H groups in total. The Morgan fingerprint density at radius 3 is 2.79 bits per heavy atom. The van der Waals surface area contributed by atoms with E-state index in [1.54, 1.807) is 18.1 Å². The van der Waals surface area contributed by atoms with Crippen LogP contribution in [0.5, 0.6) is 5.75 Å². The molecule has 0 spiro atoms. The van der Waals surface area contributed by atoms with E-state index < -0.39 is 0 Å². The Labute approximate surface area is 166 Å². The van der Waals surface area contributed by atoms with Crippen molar-refractivity contribution in [2.24, 2.45) is 5.92 Å². The zero-order chi connectivity index (χ0) is 19.9. The van der Waals surface area contributed by atoms with Crippen LogP contribution >= 0.6 is 0 Å². The van der Waals surface area contributed by atoms with Crippen LogP contribution in [0.3, 0.4) is 0 Å². The fourth-order valence-electron chi connectivity index (χ4n) is 3.63. The van der Waals surface area contributed by atoms with Gasteiger partial charge in [-0.1, -0.05) is 30.3 Å². The third kappa shape index (κ3) is 5.45. The molecule has 0 unspecified atom stereocenters. The van der Waals surface area contributed by atoms with Crippen LogP contribution in [0.2, 0.25) is 0 Å². The van der Waals surface area contributed by atoms with Crippen LogP contribution in [0, 0.1) is 11.7 Å². The molecule has 28 heavy (non-hydrogen) atoms. The van der Waals surface area contributed by atoms with E-state index >= 15 is 0 Å². The van der Waals surface area contributed by atoms with Gasteiger partial charge in [0, 0.05) is 25.2 Å². The Hall–Kier alpha value is -2.60. The molecule has 5 nitrogen and oxygen atoms in total. The van der Waals surface area contributed by atoms with E-state index in [4.69, 9.17) is 4.74 Å². The van der Waals surface area contributed by atoms with Gasteiger partial charge in [-0.15, -0.1) is 0 Å². The lowest BCUT2D eigenvalue weighted by Crippen LogP contribution is -2.41. The van der Waals surface area contributed by atoms with Gasteiger partial charge in [0.1, 0.15) is 11.6 Å². The second-order valence-electron chi connectivity index (χ2n) is 7.40. The smallest absolute Gasteiger partial charge is 0.318 e. The first kappa shape index (κ1) is 20.1. The number of carbonyl (C=O) groups is 1. The second-order valence-corrected chi connectivity index (χ2v) is 7.40. The van der Waals surface area contributed by atoms with Crippen LogP contribution in [0.25, 0.3) is 0 Å². The minimum Gasteiger partial charge on any atom is -0.496 e. The molecule has 0 radical (unpaired) electrons. The van der Waals surface area contributed by atoms with E-state index in [9.17, 15) is 9.18 Å². The minimum atomic E-state index is -0.302. The molecule has 3 rings (SSSR count). The number of carbonyl (C=O) groups excluding carboxylic acids is 1. The molecule has 1 aliphatic heterocycles. The topological polar surface area (TPSA) is 44.8 Å². The molecule has 2 aromatic carbocycles. The van der Waals surface area contributed by atoms with E-state index in [0.717, 1.165) is 36.4 Å². The van der Waals surface area contributed by atoms with E-state index in [1.807, 2.05) is 30.3 Å². The van der Waals surface area contributed by atoms with Crippen molar-refractivity contribution in [2.45, 2.75) is 19.5 Å². The van der Waals surface area contributed by atoms with Gasteiger partial charge >= 0.3 is 6.03 Å². The summed E-state index contributed by atoms with van der Waals surface area (Å²) in [6.45, 7) is 3.42. The zero-order valence-electron chi connectivity index (χ0n) is 16.5. The lowest BCUT2D eigenvalue weighted by molar-refractivity contribution is 0.189. The molecular weight excluding hydrogens is 357 g/mol. The van der Waals surface area contributed by atoms with Crippen molar-refractivity contribution >= 4 is 6.03 Å². The summed E-state index contributed by atoms with van der Waals surface area (Å²) >= 11 is 0. The van der Waals surface area contributed by atoms with Gasteiger partial charge in [-0.3, -0.25) is 0 Å². The third-order valence-corrected chi connectivity index (χ3v) is 5.13.